The van der Waals surface area contributed by atoms with Crippen molar-refractivity contribution in [2.45, 2.75) is 90.4 Å². The van der Waals surface area contributed by atoms with Gasteiger partial charge in [-0.25, -0.2) is 8.78 Å². The fourth-order valence-corrected chi connectivity index (χ4v) is 5.24. The number of fused-ring (bicyclic) bond motifs is 1. The van der Waals surface area contributed by atoms with E-state index in [1.807, 2.05) is 0 Å². The van der Waals surface area contributed by atoms with Crippen LogP contribution >= 0.6 is 0 Å². The molecule has 0 radical (unpaired) electrons. The van der Waals surface area contributed by atoms with E-state index in [9.17, 15) is 8.78 Å². The van der Waals surface area contributed by atoms with E-state index in [0.717, 1.165) is 30.2 Å². The fraction of sp³-hybridized carbons (Fsp3) is 0.708. The summed E-state index contributed by atoms with van der Waals surface area (Å²) in [7, 11) is 0. The zero-order valence-electron chi connectivity index (χ0n) is 16.7. The predicted octanol–water partition coefficient (Wildman–Crippen LogP) is 7.11. The SMILES string of the molecule is CCCCCC1CCC(CCC2CCc3c(cc(F)c(C#N)c3F)C2)CC1. The van der Waals surface area contributed by atoms with E-state index in [2.05, 4.69) is 6.92 Å². The molecule has 1 saturated carbocycles. The number of unbranched alkanes of at least 4 members (excludes halogenated alkanes) is 2. The van der Waals surface area contributed by atoms with Crippen LogP contribution < -0.4 is 0 Å². The first kappa shape index (κ1) is 20.3. The summed E-state index contributed by atoms with van der Waals surface area (Å²) in [6.07, 6.45) is 15.9. The van der Waals surface area contributed by atoms with Gasteiger partial charge in [-0.3, -0.25) is 0 Å². The van der Waals surface area contributed by atoms with Crippen LogP contribution in [-0.2, 0) is 12.8 Å². The van der Waals surface area contributed by atoms with Crippen LogP contribution in [-0.4, -0.2) is 0 Å². The molecule has 1 nitrogen and oxygen atoms in total. The Labute approximate surface area is 163 Å². The molecule has 1 unspecified atom stereocenters. The van der Waals surface area contributed by atoms with E-state index in [-0.39, 0.29) is 0 Å². The molecule has 1 atom stereocenters. The topological polar surface area (TPSA) is 23.8 Å². The van der Waals surface area contributed by atoms with Crippen LogP contribution in [0.5, 0.6) is 0 Å². The van der Waals surface area contributed by atoms with Gasteiger partial charge in [0.15, 0.2) is 0 Å². The van der Waals surface area contributed by atoms with Gasteiger partial charge < -0.3 is 0 Å². The lowest BCUT2D eigenvalue weighted by molar-refractivity contribution is 0.233. The number of nitrogens with zero attached hydrogens (tertiary/aromatic N) is 1. The minimum atomic E-state index is -0.698. The lowest BCUT2D eigenvalue weighted by Gasteiger charge is -2.31. The summed E-state index contributed by atoms with van der Waals surface area (Å²) < 4.78 is 28.2. The number of rotatable bonds is 7. The zero-order valence-corrected chi connectivity index (χ0v) is 16.7. The molecule has 3 heteroatoms. The summed E-state index contributed by atoms with van der Waals surface area (Å²) in [5, 5.41) is 8.93. The third-order valence-corrected chi connectivity index (χ3v) is 7.00. The quantitative estimate of drug-likeness (QED) is 0.467. The number of halogens is 2. The Kier molecular flexibility index (Phi) is 7.27. The van der Waals surface area contributed by atoms with Crippen LogP contribution in [0.25, 0.3) is 0 Å². The van der Waals surface area contributed by atoms with Crippen LogP contribution in [0, 0.1) is 40.7 Å². The van der Waals surface area contributed by atoms with Gasteiger partial charge >= 0.3 is 0 Å². The summed E-state index contributed by atoms with van der Waals surface area (Å²) in [6, 6.07) is 3.07. The standard InChI is InChI=1S/C24H33F2N/c1-2-3-4-5-17-6-8-18(9-7-17)10-11-19-12-13-21-20(14-19)15-23(25)22(16-27)24(21)26/h15,17-19H,2-14H2,1H3. The first-order valence-corrected chi connectivity index (χ1v) is 11.0. The molecule has 0 amide bonds. The molecular formula is C24H33F2N. The summed E-state index contributed by atoms with van der Waals surface area (Å²) in [5.74, 6) is 1.02. The maximum atomic E-state index is 14.3. The van der Waals surface area contributed by atoms with Crippen molar-refractivity contribution in [3.63, 3.8) is 0 Å². The Morgan fingerprint density at radius 3 is 2.30 bits per heavy atom. The van der Waals surface area contributed by atoms with Crippen molar-refractivity contribution in [3.8, 4) is 6.07 Å². The Balaban J connectivity index is 1.46. The molecule has 3 rings (SSSR count). The third-order valence-electron chi connectivity index (χ3n) is 7.00. The second-order valence-electron chi connectivity index (χ2n) is 8.87. The van der Waals surface area contributed by atoms with Crippen molar-refractivity contribution in [2.24, 2.45) is 17.8 Å². The molecule has 148 valence electrons. The van der Waals surface area contributed by atoms with Gasteiger partial charge in [-0.1, -0.05) is 64.7 Å². The van der Waals surface area contributed by atoms with Crippen molar-refractivity contribution in [1.29, 1.82) is 5.26 Å². The smallest absolute Gasteiger partial charge is 0.147 e. The number of hydrogen-bond acceptors (Lipinski definition) is 1. The van der Waals surface area contributed by atoms with Crippen LogP contribution in [0.15, 0.2) is 6.07 Å². The molecule has 0 saturated heterocycles. The van der Waals surface area contributed by atoms with Crippen LogP contribution in [0.4, 0.5) is 8.78 Å². The maximum Gasteiger partial charge on any atom is 0.147 e. The minimum Gasteiger partial charge on any atom is -0.205 e. The second kappa shape index (κ2) is 9.67. The molecule has 2 aliphatic rings. The van der Waals surface area contributed by atoms with Gasteiger partial charge in [0.1, 0.15) is 23.3 Å². The highest BCUT2D eigenvalue weighted by atomic mass is 19.1. The van der Waals surface area contributed by atoms with Crippen molar-refractivity contribution < 1.29 is 8.78 Å². The summed E-state index contributed by atoms with van der Waals surface area (Å²) in [5.41, 5.74) is 0.958. The van der Waals surface area contributed by atoms with Gasteiger partial charge in [-0.2, -0.15) is 5.26 Å². The molecule has 2 aliphatic carbocycles. The molecule has 0 bridgehead atoms. The van der Waals surface area contributed by atoms with Crippen molar-refractivity contribution in [2.75, 3.05) is 0 Å². The van der Waals surface area contributed by atoms with Gasteiger partial charge in [-0.15, -0.1) is 0 Å². The first-order valence-electron chi connectivity index (χ1n) is 11.0. The summed E-state index contributed by atoms with van der Waals surface area (Å²) >= 11 is 0. The monoisotopic (exact) mass is 373 g/mol. The highest BCUT2D eigenvalue weighted by Gasteiger charge is 2.27. The fourth-order valence-electron chi connectivity index (χ4n) is 5.24. The largest absolute Gasteiger partial charge is 0.205 e. The maximum absolute atomic E-state index is 14.3. The molecule has 1 aromatic rings. The average molecular weight is 374 g/mol. The van der Waals surface area contributed by atoms with E-state index in [1.54, 1.807) is 6.07 Å². The minimum absolute atomic E-state index is 0.414. The lowest BCUT2D eigenvalue weighted by Crippen LogP contribution is -2.19. The van der Waals surface area contributed by atoms with Gasteiger partial charge in [0.2, 0.25) is 0 Å². The van der Waals surface area contributed by atoms with Crippen LogP contribution in [0.1, 0.15) is 94.2 Å². The summed E-state index contributed by atoms with van der Waals surface area (Å²) in [6.45, 7) is 2.27. The molecule has 0 aromatic heterocycles. The molecular weight excluding hydrogens is 340 g/mol. The lowest BCUT2D eigenvalue weighted by atomic mass is 9.75. The van der Waals surface area contributed by atoms with Crippen LogP contribution in [0.3, 0.4) is 0 Å². The van der Waals surface area contributed by atoms with Crippen molar-refractivity contribution >= 4 is 0 Å². The van der Waals surface area contributed by atoms with Gasteiger partial charge in [0.05, 0.1) is 0 Å². The Morgan fingerprint density at radius 2 is 1.63 bits per heavy atom. The highest BCUT2D eigenvalue weighted by Crippen LogP contribution is 2.37. The Morgan fingerprint density at radius 1 is 0.963 bits per heavy atom. The number of nitriles is 1. The number of benzene rings is 1. The molecule has 0 N–H and O–H groups in total. The third kappa shape index (κ3) is 5.09. The van der Waals surface area contributed by atoms with E-state index < -0.39 is 17.2 Å². The van der Waals surface area contributed by atoms with Crippen molar-refractivity contribution in [3.05, 3.63) is 34.4 Å². The van der Waals surface area contributed by atoms with Crippen molar-refractivity contribution in [1.82, 2.24) is 0 Å². The normalized spacial score (nSPS) is 25.0. The second-order valence-corrected chi connectivity index (χ2v) is 8.87. The van der Waals surface area contributed by atoms with E-state index >= 15 is 0 Å². The Bertz CT molecular complexity index is 668. The van der Waals surface area contributed by atoms with Crippen LogP contribution in [0.2, 0.25) is 0 Å². The molecule has 0 heterocycles. The predicted molar refractivity (Wildman–Crippen MR) is 105 cm³/mol. The highest BCUT2D eigenvalue weighted by molar-refractivity contribution is 5.42. The first-order chi connectivity index (χ1) is 13.1. The summed E-state index contributed by atoms with van der Waals surface area (Å²) in [4.78, 5) is 0. The molecule has 1 aromatic carbocycles. The van der Waals surface area contributed by atoms with E-state index in [4.69, 9.17) is 5.26 Å². The zero-order chi connectivity index (χ0) is 19.2. The van der Waals surface area contributed by atoms with E-state index in [1.165, 1.54) is 70.3 Å². The number of hydrogen-bond donors (Lipinski definition) is 0. The molecule has 0 aliphatic heterocycles. The molecule has 1 fully saturated rings. The molecule has 0 spiro atoms. The average Bonchev–Trinajstić information content (AvgIpc) is 2.67. The van der Waals surface area contributed by atoms with Gasteiger partial charge in [0, 0.05) is 0 Å². The van der Waals surface area contributed by atoms with Gasteiger partial charge in [-0.05, 0) is 60.6 Å². The van der Waals surface area contributed by atoms with E-state index in [0.29, 0.717) is 17.9 Å². The Hall–Kier alpha value is -1.43. The van der Waals surface area contributed by atoms with Gasteiger partial charge in [0.25, 0.3) is 0 Å². The molecule has 27 heavy (non-hydrogen) atoms.